The monoisotopic (exact) mass is 727 g/mol. The molecule has 0 spiro atoms. The molecule has 0 radical (unpaired) electrons. The van der Waals surface area contributed by atoms with Gasteiger partial charge >= 0.3 is 0 Å². The SMILES string of the molecule is COC(CN(C)CCS(=O)(=O)NC1(CCC(C)C)C(=O)C(C2=NS(=O)(=O)c3cc(NS(C)(=O)=O)ccc3N2)=C(O)c2ccccc21)OC. The summed E-state index contributed by atoms with van der Waals surface area (Å²) in [5.41, 5.74) is -2.18. The number of amidine groups is 1. The molecule has 0 aromatic heterocycles. The Morgan fingerprint density at radius 3 is 2.38 bits per heavy atom. The molecule has 0 fully saturated rings. The molecule has 1 aliphatic carbocycles. The highest BCUT2D eigenvalue weighted by molar-refractivity contribution is 7.92. The largest absolute Gasteiger partial charge is 0.506 e. The Morgan fingerprint density at radius 1 is 1.08 bits per heavy atom. The highest BCUT2D eigenvalue weighted by Gasteiger charge is 2.51. The van der Waals surface area contributed by atoms with Crippen LogP contribution in [0.25, 0.3) is 5.76 Å². The fraction of sp³-hybridized carbons (Fsp3) is 0.467. The molecule has 15 nitrogen and oxygen atoms in total. The maximum Gasteiger partial charge on any atom is 0.286 e. The molecule has 4 N–H and O–H groups in total. The van der Waals surface area contributed by atoms with Gasteiger partial charge in [-0.25, -0.2) is 16.8 Å². The molecule has 48 heavy (non-hydrogen) atoms. The normalized spacial score (nSPS) is 19.3. The van der Waals surface area contributed by atoms with E-state index < -0.39 is 70.6 Å². The molecule has 1 heterocycles. The van der Waals surface area contributed by atoms with Gasteiger partial charge in [-0.15, -0.1) is 4.40 Å². The molecule has 264 valence electrons. The Kier molecular flexibility index (Phi) is 11.1. The number of aliphatic hydroxyl groups excluding tert-OH is 1. The first-order valence-electron chi connectivity index (χ1n) is 14.9. The van der Waals surface area contributed by atoms with Gasteiger partial charge in [0.1, 0.15) is 21.8 Å². The Morgan fingerprint density at radius 2 is 1.75 bits per heavy atom. The molecular formula is C30H41N5O10S3. The zero-order valence-electron chi connectivity index (χ0n) is 27.5. The molecule has 1 unspecified atom stereocenters. The number of carbonyl (C=O) groups is 1. The van der Waals surface area contributed by atoms with Crippen molar-refractivity contribution in [2.45, 2.75) is 43.4 Å². The third kappa shape index (κ3) is 8.24. The van der Waals surface area contributed by atoms with E-state index in [0.29, 0.717) is 6.42 Å². The van der Waals surface area contributed by atoms with Gasteiger partial charge in [-0.1, -0.05) is 38.1 Å². The van der Waals surface area contributed by atoms with Crippen LogP contribution >= 0.6 is 0 Å². The molecule has 2 aromatic carbocycles. The van der Waals surface area contributed by atoms with Gasteiger partial charge in [0, 0.05) is 38.6 Å². The van der Waals surface area contributed by atoms with Crippen molar-refractivity contribution in [1.82, 2.24) is 9.62 Å². The summed E-state index contributed by atoms with van der Waals surface area (Å²) in [6.45, 7) is 4.16. The van der Waals surface area contributed by atoms with E-state index in [-0.39, 0.29) is 52.8 Å². The summed E-state index contributed by atoms with van der Waals surface area (Å²) >= 11 is 0. The van der Waals surface area contributed by atoms with Gasteiger partial charge in [-0.2, -0.15) is 13.1 Å². The number of likely N-dealkylation sites (N-methyl/N-ethyl adjacent to an activating group) is 1. The van der Waals surface area contributed by atoms with Crippen LogP contribution in [0.2, 0.25) is 0 Å². The number of nitrogens with one attached hydrogen (secondary N) is 3. The number of sulfonamides is 3. The number of aliphatic hydroxyl groups is 1. The number of Topliss-reactive ketones (excluding diaryl/α,β-unsaturated/α-hetero) is 1. The summed E-state index contributed by atoms with van der Waals surface area (Å²) in [5.74, 6) is -2.36. The zero-order valence-corrected chi connectivity index (χ0v) is 29.9. The Hall–Kier alpha value is -3.39. The molecule has 0 amide bonds. The van der Waals surface area contributed by atoms with Crippen LogP contribution in [-0.2, 0) is 49.9 Å². The van der Waals surface area contributed by atoms with Crippen LogP contribution < -0.4 is 14.8 Å². The van der Waals surface area contributed by atoms with Crippen molar-refractivity contribution in [3.63, 3.8) is 0 Å². The lowest BCUT2D eigenvalue weighted by Gasteiger charge is -2.39. The first-order chi connectivity index (χ1) is 22.3. The van der Waals surface area contributed by atoms with Crippen LogP contribution in [0, 0.1) is 5.92 Å². The van der Waals surface area contributed by atoms with Gasteiger partial charge in [0.2, 0.25) is 20.0 Å². The number of benzene rings is 2. The van der Waals surface area contributed by atoms with Crippen molar-refractivity contribution in [1.29, 1.82) is 0 Å². The highest BCUT2D eigenvalue weighted by Crippen LogP contribution is 2.43. The van der Waals surface area contributed by atoms with E-state index >= 15 is 0 Å². The van der Waals surface area contributed by atoms with Crippen LogP contribution in [0.15, 0.2) is 57.3 Å². The predicted octanol–water partition coefficient (Wildman–Crippen LogP) is 2.22. The molecule has 2 aliphatic rings. The summed E-state index contributed by atoms with van der Waals surface area (Å²) < 4.78 is 96.9. The van der Waals surface area contributed by atoms with Crippen LogP contribution in [-0.4, -0.2) is 99.5 Å². The predicted molar refractivity (Wildman–Crippen MR) is 182 cm³/mol. The fourth-order valence-corrected chi connectivity index (χ4v) is 8.69. The second-order valence-electron chi connectivity index (χ2n) is 12.1. The summed E-state index contributed by atoms with van der Waals surface area (Å²) in [6, 6.07) is 9.95. The maximum atomic E-state index is 14.7. The van der Waals surface area contributed by atoms with Crippen LogP contribution in [0.4, 0.5) is 11.4 Å². The van der Waals surface area contributed by atoms with Gasteiger partial charge in [0.15, 0.2) is 17.9 Å². The van der Waals surface area contributed by atoms with E-state index in [1.165, 1.54) is 32.4 Å². The lowest BCUT2D eigenvalue weighted by molar-refractivity contribution is -0.121. The van der Waals surface area contributed by atoms with Gasteiger partial charge < -0.3 is 24.8 Å². The maximum absolute atomic E-state index is 14.7. The van der Waals surface area contributed by atoms with E-state index in [9.17, 15) is 35.2 Å². The molecule has 2 aromatic rings. The zero-order chi connectivity index (χ0) is 35.7. The number of carbonyl (C=O) groups excluding carboxylic acids is 1. The number of fused-ring (bicyclic) bond motifs is 2. The van der Waals surface area contributed by atoms with E-state index in [4.69, 9.17) is 9.47 Å². The number of methoxy groups -OCH3 is 2. The van der Waals surface area contributed by atoms with Gasteiger partial charge in [0.25, 0.3) is 10.0 Å². The first-order valence-corrected chi connectivity index (χ1v) is 19.9. The molecule has 1 aliphatic heterocycles. The number of ether oxygens (including phenoxy) is 2. The molecule has 18 heteroatoms. The van der Waals surface area contributed by atoms with Gasteiger partial charge in [-0.3, -0.25) is 9.52 Å². The third-order valence-corrected chi connectivity index (χ3v) is 11.2. The molecule has 1 atom stereocenters. The number of ketones is 1. The molecule has 0 bridgehead atoms. The number of hydrogen-bond donors (Lipinski definition) is 4. The van der Waals surface area contributed by atoms with Crippen molar-refractivity contribution in [2.24, 2.45) is 10.3 Å². The Labute approximate surface area is 281 Å². The van der Waals surface area contributed by atoms with Crippen LogP contribution in [0.1, 0.15) is 37.8 Å². The summed E-state index contributed by atoms with van der Waals surface area (Å²) in [4.78, 5) is 16.1. The fourth-order valence-electron chi connectivity index (χ4n) is 5.49. The second kappa shape index (κ2) is 14.2. The Balaban J connectivity index is 1.80. The molecule has 0 saturated heterocycles. The van der Waals surface area contributed by atoms with Crippen molar-refractivity contribution >= 4 is 58.8 Å². The Bertz CT molecular complexity index is 1960. The van der Waals surface area contributed by atoms with E-state index in [0.717, 1.165) is 12.3 Å². The van der Waals surface area contributed by atoms with Gasteiger partial charge in [0.05, 0.1) is 17.7 Å². The minimum atomic E-state index is -4.55. The summed E-state index contributed by atoms with van der Waals surface area (Å²) in [5, 5.41) is 14.3. The van der Waals surface area contributed by atoms with Crippen molar-refractivity contribution in [2.75, 3.05) is 56.4 Å². The quantitative estimate of drug-likeness (QED) is 0.195. The number of nitrogens with zero attached hydrogens (tertiary/aromatic N) is 2. The number of anilines is 2. The standard InChI is InChI=1S/C30H41N5O10S3/c1-19(2)13-14-30(34-47(40,41)16-15-35(3)18-25(44-4)45-5)22-10-8-7-9-21(22)27(36)26(28(30)37)29-31-23-12-11-20(32-46(6,38)39)17-24(23)48(42,43)33-29/h7-12,17,19,25,32,34,36H,13-16,18H2,1-6H3,(H,31,33). The van der Waals surface area contributed by atoms with Crippen LogP contribution in [0.5, 0.6) is 0 Å². The summed E-state index contributed by atoms with van der Waals surface area (Å²) in [6.07, 6.45) is 0.696. The lowest BCUT2D eigenvalue weighted by Crippen LogP contribution is -2.56. The second-order valence-corrected chi connectivity index (χ2v) is 17.3. The number of hydrogen-bond acceptors (Lipinski definition) is 12. The minimum Gasteiger partial charge on any atom is -0.506 e. The minimum absolute atomic E-state index is 0.0150. The molecule has 4 rings (SSSR count). The highest BCUT2D eigenvalue weighted by atomic mass is 32.2. The third-order valence-electron chi connectivity index (χ3n) is 7.91. The first kappa shape index (κ1) is 37.4. The van der Waals surface area contributed by atoms with E-state index in [1.54, 1.807) is 30.1 Å². The lowest BCUT2D eigenvalue weighted by atomic mass is 9.72. The topological polar surface area (TPSA) is 210 Å². The molecular weight excluding hydrogens is 687 g/mol. The van der Waals surface area contributed by atoms with Crippen LogP contribution in [0.3, 0.4) is 0 Å². The van der Waals surface area contributed by atoms with Crippen molar-refractivity contribution in [3.05, 3.63) is 59.2 Å². The van der Waals surface area contributed by atoms with Crippen molar-refractivity contribution in [3.8, 4) is 0 Å². The van der Waals surface area contributed by atoms with E-state index in [1.807, 2.05) is 13.8 Å². The number of rotatable bonds is 15. The summed E-state index contributed by atoms with van der Waals surface area (Å²) in [7, 11) is -7.85. The average Bonchev–Trinajstić information content (AvgIpc) is 2.99. The van der Waals surface area contributed by atoms with Gasteiger partial charge in [-0.05, 0) is 49.6 Å². The van der Waals surface area contributed by atoms with E-state index in [2.05, 4.69) is 19.2 Å². The smallest absolute Gasteiger partial charge is 0.286 e. The average molecular weight is 728 g/mol. The molecule has 0 saturated carbocycles. The van der Waals surface area contributed by atoms with Crippen molar-refractivity contribution < 1.29 is 44.6 Å².